The van der Waals surface area contributed by atoms with Gasteiger partial charge in [-0.1, -0.05) is 17.7 Å². The molecular weight excluding hydrogens is 228 g/mol. The van der Waals surface area contributed by atoms with E-state index in [0.717, 1.165) is 18.5 Å². The fourth-order valence-corrected chi connectivity index (χ4v) is 2.33. The second-order valence-corrected chi connectivity index (χ2v) is 5.10. The van der Waals surface area contributed by atoms with Crippen LogP contribution in [0, 0.1) is 6.92 Å². The molecule has 1 aromatic rings. The van der Waals surface area contributed by atoms with Crippen LogP contribution in [0.1, 0.15) is 24.8 Å². The van der Waals surface area contributed by atoms with Gasteiger partial charge in [0.2, 0.25) is 5.91 Å². The molecule has 1 saturated carbocycles. The van der Waals surface area contributed by atoms with Crippen molar-refractivity contribution < 1.29 is 9.59 Å². The number of carbonyl (C=O) groups excluding carboxylic acids is 2. The van der Waals surface area contributed by atoms with E-state index in [1.165, 1.54) is 10.5 Å². The molecule has 1 aliphatic carbocycles. The summed E-state index contributed by atoms with van der Waals surface area (Å²) >= 11 is 0. The van der Waals surface area contributed by atoms with E-state index >= 15 is 0 Å². The summed E-state index contributed by atoms with van der Waals surface area (Å²) in [5, 5.41) is 3.15. The number of aryl methyl sites for hydroxylation is 1. The number of hydrogen-bond acceptors (Lipinski definition) is 3. The molecule has 0 spiro atoms. The molecule has 2 aliphatic rings. The van der Waals surface area contributed by atoms with E-state index in [4.69, 9.17) is 0 Å². The van der Waals surface area contributed by atoms with Crippen LogP contribution in [-0.2, 0) is 9.59 Å². The van der Waals surface area contributed by atoms with E-state index in [1.807, 2.05) is 31.2 Å². The van der Waals surface area contributed by atoms with Gasteiger partial charge in [-0.15, -0.1) is 0 Å². The van der Waals surface area contributed by atoms with Crippen LogP contribution in [-0.4, -0.2) is 28.8 Å². The lowest BCUT2D eigenvalue weighted by Crippen LogP contribution is -2.36. The van der Waals surface area contributed by atoms with Gasteiger partial charge in [0.25, 0.3) is 5.91 Å². The van der Waals surface area contributed by atoms with Crippen molar-refractivity contribution in [3.8, 4) is 0 Å². The molecule has 1 N–H and O–H groups in total. The number of amides is 2. The first-order chi connectivity index (χ1) is 8.65. The lowest BCUT2D eigenvalue weighted by atomic mass is 10.2. The van der Waals surface area contributed by atoms with E-state index in [0.29, 0.717) is 0 Å². The van der Waals surface area contributed by atoms with Crippen molar-refractivity contribution in [3.05, 3.63) is 29.8 Å². The van der Waals surface area contributed by atoms with E-state index in [9.17, 15) is 9.59 Å². The van der Waals surface area contributed by atoms with Gasteiger partial charge in [-0.2, -0.15) is 0 Å². The Balaban J connectivity index is 1.72. The largest absolute Gasteiger partial charge is 0.373 e. The minimum atomic E-state index is -0.388. The molecule has 0 aromatic heterocycles. The van der Waals surface area contributed by atoms with Crippen LogP contribution < -0.4 is 5.32 Å². The van der Waals surface area contributed by atoms with Gasteiger partial charge in [-0.05, 0) is 31.9 Å². The minimum absolute atomic E-state index is 0.0351. The normalized spacial score (nSPS) is 23.6. The molecule has 1 atom stereocenters. The number of rotatable bonds is 3. The second kappa shape index (κ2) is 4.12. The van der Waals surface area contributed by atoms with E-state index < -0.39 is 0 Å². The maximum Gasteiger partial charge on any atom is 0.252 e. The Morgan fingerprint density at radius 2 is 1.83 bits per heavy atom. The van der Waals surface area contributed by atoms with E-state index in [1.54, 1.807) is 0 Å². The second-order valence-electron chi connectivity index (χ2n) is 5.10. The van der Waals surface area contributed by atoms with Crippen molar-refractivity contribution in [2.24, 2.45) is 0 Å². The third-order valence-electron chi connectivity index (χ3n) is 3.49. The summed E-state index contributed by atoms with van der Waals surface area (Å²) in [4.78, 5) is 25.3. The number of anilines is 1. The molecule has 4 nitrogen and oxygen atoms in total. The van der Waals surface area contributed by atoms with Crippen LogP contribution >= 0.6 is 0 Å². The summed E-state index contributed by atoms with van der Waals surface area (Å²) in [6.45, 7) is 2.02. The van der Waals surface area contributed by atoms with Gasteiger partial charge in [-0.3, -0.25) is 14.5 Å². The molecule has 0 unspecified atom stereocenters. The average Bonchev–Trinajstić information content (AvgIpc) is 3.12. The fraction of sp³-hybridized carbons (Fsp3) is 0.429. The Kier molecular flexibility index (Phi) is 2.58. The van der Waals surface area contributed by atoms with Crippen molar-refractivity contribution in [1.82, 2.24) is 4.90 Å². The van der Waals surface area contributed by atoms with Crippen LogP contribution in [0.25, 0.3) is 0 Å². The van der Waals surface area contributed by atoms with Gasteiger partial charge in [0.15, 0.2) is 0 Å². The Labute approximate surface area is 106 Å². The van der Waals surface area contributed by atoms with Crippen molar-refractivity contribution >= 4 is 17.5 Å². The number of nitrogens with zero attached hydrogens (tertiary/aromatic N) is 1. The zero-order valence-corrected chi connectivity index (χ0v) is 10.3. The third-order valence-corrected chi connectivity index (χ3v) is 3.49. The molecule has 1 aromatic carbocycles. The van der Waals surface area contributed by atoms with Crippen LogP contribution in [0.15, 0.2) is 24.3 Å². The van der Waals surface area contributed by atoms with Crippen LogP contribution in [0.3, 0.4) is 0 Å². The molecule has 1 heterocycles. The molecule has 94 valence electrons. The standard InChI is InChI=1S/C14H16N2O2/c1-9-2-4-10(5-3-9)15-12-8-13(17)16(14(12)18)11-6-7-11/h2-5,11-12,15H,6-8H2,1H3/t12-/m0/s1. The highest BCUT2D eigenvalue weighted by Crippen LogP contribution is 2.32. The van der Waals surface area contributed by atoms with Crippen molar-refractivity contribution in [3.63, 3.8) is 0 Å². The molecule has 0 radical (unpaired) electrons. The SMILES string of the molecule is Cc1ccc(N[C@H]2CC(=O)N(C3CC3)C2=O)cc1. The summed E-state index contributed by atoms with van der Waals surface area (Å²) in [5.74, 6) is -0.102. The molecule has 18 heavy (non-hydrogen) atoms. The van der Waals surface area contributed by atoms with Crippen LogP contribution in [0.5, 0.6) is 0 Å². The van der Waals surface area contributed by atoms with Crippen molar-refractivity contribution in [2.45, 2.75) is 38.3 Å². The van der Waals surface area contributed by atoms with Gasteiger partial charge in [0, 0.05) is 11.7 Å². The summed E-state index contributed by atoms with van der Waals surface area (Å²) in [7, 11) is 0. The summed E-state index contributed by atoms with van der Waals surface area (Å²) in [6.07, 6.45) is 2.21. The Morgan fingerprint density at radius 1 is 1.17 bits per heavy atom. The van der Waals surface area contributed by atoms with Crippen LogP contribution in [0.2, 0.25) is 0 Å². The van der Waals surface area contributed by atoms with Gasteiger partial charge >= 0.3 is 0 Å². The first-order valence-electron chi connectivity index (χ1n) is 6.34. The molecule has 4 heteroatoms. The number of benzene rings is 1. The summed E-state index contributed by atoms with van der Waals surface area (Å²) < 4.78 is 0. The first-order valence-corrected chi connectivity index (χ1v) is 6.34. The number of imide groups is 1. The Bertz CT molecular complexity index is 491. The third kappa shape index (κ3) is 1.98. The predicted molar refractivity (Wildman–Crippen MR) is 68.1 cm³/mol. The zero-order valence-electron chi connectivity index (χ0n) is 10.3. The highest BCUT2D eigenvalue weighted by molar-refractivity contribution is 6.07. The molecule has 2 fully saturated rings. The molecular formula is C14H16N2O2. The number of likely N-dealkylation sites (tertiary alicyclic amines) is 1. The average molecular weight is 244 g/mol. The smallest absolute Gasteiger partial charge is 0.252 e. The fourth-order valence-electron chi connectivity index (χ4n) is 2.33. The highest BCUT2D eigenvalue weighted by atomic mass is 16.2. The summed E-state index contributed by atoms with van der Waals surface area (Å²) in [6, 6.07) is 7.64. The monoisotopic (exact) mass is 244 g/mol. The lowest BCUT2D eigenvalue weighted by molar-refractivity contribution is -0.139. The van der Waals surface area contributed by atoms with Crippen molar-refractivity contribution in [1.29, 1.82) is 0 Å². The van der Waals surface area contributed by atoms with Crippen LogP contribution in [0.4, 0.5) is 5.69 Å². The van der Waals surface area contributed by atoms with Gasteiger partial charge < -0.3 is 5.32 Å². The molecule has 0 bridgehead atoms. The predicted octanol–water partition coefficient (Wildman–Crippen LogP) is 1.70. The quantitative estimate of drug-likeness (QED) is 0.823. The molecule has 1 aliphatic heterocycles. The molecule has 3 rings (SSSR count). The number of carbonyl (C=O) groups is 2. The summed E-state index contributed by atoms with van der Waals surface area (Å²) in [5.41, 5.74) is 2.07. The maximum atomic E-state index is 12.1. The topological polar surface area (TPSA) is 49.4 Å². The zero-order chi connectivity index (χ0) is 12.7. The number of nitrogens with one attached hydrogen (secondary N) is 1. The van der Waals surface area contributed by atoms with E-state index in [-0.39, 0.29) is 30.3 Å². The van der Waals surface area contributed by atoms with Crippen molar-refractivity contribution in [2.75, 3.05) is 5.32 Å². The lowest BCUT2D eigenvalue weighted by Gasteiger charge is -2.15. The van der Waals surface area contributed by atoms with Gasteiger partial charge in [-0.25, -0.2) is 0 Å². The maximum absolute atomic E-state index is 12.1. The molecule has 2 amide bonds. The molecule has 1 saturated heterocycles. The Morgan fingerprint density at radius 3 is 2.44 bits per heavy atom. The highest BCUT2D eigenvalue weighted by Gasteiger charge is 2.45. The number of hydrogen-bond donors (Lipinski definition) is 1. The first kappa shape index (κ1) is 11.3. The minimum Gasteiger partial charge on any atom is -0.373 e. The van der Waals surface area contributed by atoms with Gasteiger partial charge in [0.1, 0.15) is 6.04 Å². The van der Waals surface area contributed by atoms with E-state index in [2.05, 4.69) is 5.32 Å². The Hall–Kier alpha value is -1.84. The van der Waals surface area contributed by atoms with Gasteiger partial charge in [0.05, 0.1) is 6.42 Å².